The van der Waals surface area contributed by atoms with Crippen molar-refractivity contribution in [3.8, 4) is 0 Å². The number of hydrogen-bond acceptors (Lipinski definition) is 2. The van der Waals surface area contributed by atoms with E-state index in [1.165, 1.54) is 10.4 Å². The number of benzene rings is 2. The van der Waals surface area contributed by atoms with Gasteiger partial charge >= 0.3 is 0 Å². The van der Waals surface area contributed by atoms with Crippen LogP contribution in [0.3, 0.4) is 0 Å². The van der Waals surface area contributed by atoms with Crippen molar-refractivity contribution in [2.24, 2.45) is 0 Å². The summed E-state index contributed by atoms with van der Waals surface area (Å²) in [5, 5.41) is 2.59. The summed E-state index contributed by atoms with van der Waals surface area (Å²) < 4.78 is 12.2. The smallest absolute Gasteiger partial charge is 0.261 e. The van der Waals surface area contributed by atoms with Crippen molar-refractivity contribution in [1.82, 2.24) is 0 Å². The number of rotatable bonds is 8. The lowest BCUT2D eigenvalue weighted by atomic mass is 10.2. The average Bonchev–Trinajstić information content (AvgIpc) is 2.59. The molecule has 2 rings (SSSR count). The van der Waals surface area contributed by atoms with Gasteiger partial charge in [0, 0.05) is 5.88 Å². The van der Waals surface area contributed by atoms with Gasteiger partial charge in [0.2, 0.25) is 0 Å². The van der Waals surface area contributed by atoms with Gasteiger partial charge in [-0.05, 0) is 15.4 Å². The quantitative estimate of drug-likeness (QED) is 0.404. The fourth-order valence-electron chi connectivity index (χ4n) is 3.17. The molecular formula is C20H27ClO2Si. The Morgan fingerprint density at radius 3 is 1.71 bits per heavy atom. The van der Waals surface area contributed by atoms with E-state index < -0.39 is 8.32 Å². The zero-order chi connectivity index (χ0) is 17.5. The lowest BCUT2D eigenvalue weighted by molar-refractivity contribution is 0.108. The first-order chi connectivity index (χ1) is 11.5. The Bertz CT molecular complexity index is 557. The predicted octanol–water partition coefficient (Wildman–Crippen LogP) is 3.82. The Kier molecular flexibility index (Phi) is 7.05. The summed E-state index contributed by atoms with van der Waals surface area (Å²) in [6.07, 6.45) is 0. The minimum absolute atomic E-state index is 0.00217. The molecule has 0 aliphatic rings. The first-order valence-corrected chi connectivity index (χ1v) is 10.9. The number of ether oxygens (including phenoxy) is 1. The molecule has 2 aromatic rings. The summed E-state index contributed by atoms with van der Waals surface area (Å²) in [4.78, 5) is 0. The van der Waals surface area contributed by atoms with Crippen LogP contribution in [-0.4, -0.2) is 34.0 Å². The molecule has 130 valence electrons. The van der Waals surface area contributed by atoms with Crippen LogP contribution in [0.5, 0.6) is 0 Å². The topological polar surface area (TPSA) is 18.5 Å². The SMILES string of the molecule is CC(C)(C)[Si](OCCOCCCl)(c1ccccc1)c1ccccc1. The summed E-state index contributed by atoms with van der Waals surface area (Å²) in [6.45, 7) is 8.53. The molecule has 0 aromatic heterocycles. The van der Waals surface area contributed by atoms with E-state index in [0.29, 0.717) is 25.7 Å². The van der Waals surface area contributed by atoms with E-state index in [1.807, 2.05) is 0 Å². The lowest BCUT2D eigenvalue weighted by Crippen LogP contribution is -2.66. The van der Waals surface area contributed by atoms with Crippen molar-refractivity contribution < 1.29 is 9.16 Å². The minimum atomic E-state index is -2.42. The molecule has 0 radical (unpaired) electrons. The Morgan fingerprint density at radius 1 is 0.792 bits per heavy atom. The lowest BCUT2D eigenvalue weighted by Gasteiger charge is -2.43. The molecule has 0 saturated heterocycles. The Balaban J connectivity index is 2.42. The molecule has 0 atom stereocenters. The fraction of sp³-hybridized carbons (Fsp3) is 0.400. The van der Waals surface area contributed by atoms with Crippen molar-refractivity contribution >= 4 is 30.3 Å². The van der Waals surface area contributed by atoms with E-state index >= 15 is 0 Å². The normalized spacial score (nSPS) is 12.3. The highest BCUT2D eigenvalue weighted by molar-refractivity contribution is 6.99. The third-order valence-electron chi connectivity index (χ3n) is 4.18. The average molecular weight is 363 g/mol. The van der Waals surface area contributed by atoms with E-state index in [1.54, 1.807) is 0 Å². The van der Waals surface area contributed by atoms with Crippen molar-refractivity contribution in [1.29, 1.82) is 0 Å². The molecule has 0 amide bonds. The second kappa shape index (κ2) is 8.81. The van der Waals surface area contributed by atoms with Crippen molar-refractivity contribution in [2.45, 2.75) is 25.8 Å². The van der Waals surface area contributed by atoms with E-state index in [0.717, 1.165) is 0 Å². The second-order valence-corrected chi connectivity index (χ2v) is 11.5. The number of hydrogen-bond donors (Lipinski definition) is 0. The number of alkyl halides is 1. The summed E-state index contributed by atoms with van der Waals surface area (Å²) >= 11 is 5.68. The van der Waals surface area contributed by atoms with Crippen LogP contribution in [0, 0.1) is 0 Å². The van der Waals surface area contributed by atoms with Crippen LogP contribution >= 0.6 is 11.6 Å². The van der Waals surface area contributed by atoms with Crippen LogP contribution in [-0.2, 0) is 9.16 Å². The maximum Gasteiger partial charge on any atom is 0.261 e. The van der Waals surface area contributed by atoms with Crippen LogP contribution in [0.2, 0.25) is 5.04 Å². The molecule has 0 N–H and O–H groups in total. The molecule has 0 fully saturated rings. The predicted molar refractivity (Wildman–Crippen MR) is 105 cm³/mol. The summed E-state index contributed by atoms with van der Waals surface area (Å²) in [7, 11) is -2.42. The summed E-state index contributed by atoms with van der Waals surface area (Å²) in [6, 6.07) is 21.3. The van der Waals surface area contributed by atoms with Gasteiger partial charge in [-0.1, -0.05) is 81.4 Å². The maximum absolute atomic E-state index is 6.68. The molecule has 24 heavy (non-hydrogen) atoms. The summed E-state index contributed by atoms with van der Waals surface area (Å²) in [5.41, 5.74) is 0. The second-order valence-electron chi connectivity index (χ2n) is 6.81. The van der Waals surface area contributed by atoms with Gasteiger partial charge in [0.25, 0.3) is 8.32 Å². The van der Waals surface area contributed by atoms with Crippen molar-refractivity contribution in [2.75, 3.05) is 25.7 Å². The largest absolute Gasteiger partial charge is 0.405 e. The van der Waals surface area contributed by atoms with Gasteiger partial charge in [-0.3, -0.25) is 0 Å². The van der Waals surface area contributed by atoms with Gasteiger partial charge in [-0.15, -0.1) is 11.6 Å². The van der Waals surface area contributed by atoms with Gasteiger partial charge < -0.3 is 9.16 Å². The van der Waals surface area contributed by atoms with Gasteiger partial charge in [-0.2, -0.15) is 0 Å². The Labute approximate surface area is 151 Å². The first kappa shape index (κ1) is 19.2. The molecule has 2 aromatic carbocycles. The highest BCUT2D eigenvalue weighted by Gasteiger charge is 2.49. The standard InChI is InChI=1S/C20H27ClO2Si/c1-20(2,3)24(18-10-6-4-7-11-18,19-12-8-5-9-13-19)23-17-16-22-15-14-21/h4-13H,14-17H2,1-3H3. The van der Waals surface area contributed by atoms with Crippen molar-refractivity contribution in [3.63, 3.8) is 0 Å². The van der Waals surface area contributed by atoms with Crippen LogP contribution < -0.4 is 10.4 Å². The Morgan fingerprint density at radius 2 is 1.29 bits per heavy atom. The molecule has 0 heterocycles. The third-order valence-corrected chi connectivity index (χ3v) is 9.38. The summed E-state index contributed by atoms with van der Waals surface area (Å²) in [5.74, 6) is 0.513. The highest BCUT2D eigenvalue weighted by atomic mass is 35.5. The monoisotopic (exact) mass is 362 g/mol. The zero-order valence-corrected chi connectivity index (χ0v) is 16.6. The molecule has 2 nitrogen and oxygen atoms in total. The Hall–Kier alpha value is -1.13. The molecule has 0 aliphatic heterocycles. The van der Waals surface area contributed by atoms with Crippen LogP contribution in [0.1, 0.15) is 20.8 Å². The van der Waals surface area contributed by atoms with Gasteiger partial charge in [-0.25, -0.2) is 0 Å². The fourth-order valence-corrected chi connectivity index (χ4v) is 7.83. The zero-order valence-electron chi connectivity index (χ0n) is 14.8. The molecular weight excluding hydrogens is 336 g/mol. The minimum Gasteiger partial charge on any atom is -0.405 e. The van der Waals surface area contributed by atoms with Crippen LogP contribution in [0.4, 0.5) is 0 Å². The van der Waals surface area contributed by atoms with Crippen LogP contribution in [0.15, 0.2) is 60.7 Å². The third kappa shape index (κ3) is 4.28. The van der Waals surface area contributed by atoms with Gasteiger partial charge in [0.1, 0.15) is 0 Å². The molecule has 0 unspecified atom stereocenters. The molecule has 0 aliphatic carbocycles. The van der Waals surface area contributed by atoms with Crippen molar-refractivity contribution in [3.05, 3.63) is 60.7 Å². The van der Waals surface area contributed by atoms with Crippen LogP contribution in [0.25, 0.3) is 0 Å². The van der Waals surface area contributed by atoms with E-state index in [4.69, 9.17) is 20.8 Å². The molecule has 0 saturated carbocycles. The molecule has 0 spiro atoms. The molecule has 4 heteroatoms. The van der Waals surface area contributed by atoms with E-state index in [2.05, 4.69) is 81.4 Å². The first-order valence-electron chi connectivity index (χ1n) is 8.41. The highest BCUT2D eigenvalue weighted by Crippen LogP contribution is 2.36. The van der Waals surface area contributed by atoms with Gasteiger partial charge in [0.15, 0.2) is 0 Å². The maximum atomic E-state index is 6.68. The van der Waals surface area contributed by atoms with E-state index in [9.17, 15) is 0 Å². The van der Waals surface area contributed by atoms with Gasteiger partial charge in [0.05, 0.1) is 19.8 Å². The molecule has 0 bridgehead atoms. The number of halogens is 1. The van der Waals surface area contributed by atoms with E-state index in [-0.39, 0.29) is 5.04 Å².